The van der Waals surface area contributed by atoms with E-state index in [1.807, 2.05) is 19.1 Å². The van der Waals surface area contributed by atoms with E-state index in [-0.39, 0.29) is 11.4 Å². The molecule has 0 heterocycles. The Hall–Kier alpha value is -1.57. The van der Waals surface area contributed by atoms with Gasteiger partial charge in [0.25, 0.3) is 0 Å². The van der Waals surface area contributed by atoms with Crippen LogP contribution in [0.3, 0.4) is 0 Å². The highest BCUT2D eigenvalue weighted by Crippen LogP contribution is 2.45. The Balaban J connectivity index is 2.41. The highest BCUT2D eigenvalue weighted by molar-refractivity contribution is 5.94. The summed E-state index contributed by atoms with van der Waals surface area (Å²) in [4.78, 5) is 11.6. The lowest BCUT2D eigenvalue weighted by molar-refractivity contribution is -0.137. The van der Waals surface area contributed by atoms with Gasteiger partial charge >= 0.3 is 5.97 Å². The van der Waals surface area contributed by atoms with Gasteiger partial charge in [-0.25, -0.2) is 4.79 Å². The van der Waals surface area contributed by atoms with Gasteiger partial charge in [0, 0.05) is 6.08 Å². The van der Waals surface area contributed by atoms with Crippen LogP contribution in [-0.2, 0) is 16.0 Å². The summed E-state index contributed by atoms with van der Waals surface area (Å²) in [5.74, 6) is -0.243. The standard InChI is InChI=1S/C15H18O2/c1-4-17-14(16)9-13-12-8-6-5-7-11(12)10-15(13,2)3/h5-9H,4,10H2,1-3H3/b13-9-. The van der Waals surface area contributed by atoms with E-state index in [1.165, 1.54) is 11.1 Å². The maximum atomic E-state index is 11.6. The molecule has 1 aliphatic rings. The monoisotopic (exact) mass is 230 g/mol. The molecule has 2 nitrogen and oxygen atoms in total. The molecule has 0 spiro atoms. The Bertz CT molecular complexity index is 470. The second-order valence-corrected chi connectivity index (χ2v) is 5.03. The molecular formula is C15H18O2. The van der Waals surface area contributed by atoms with Gasteiger partial charge in [-0.05, 0) is 35.5 Å². The third kappa shape index (κ3) is 2.26. The Morgan fingerprint density at radius 2 is 2.12 bits per heavy atom. The van der Waals surface area contributed by atoms with E-state index in [0.717, 1.165) is 12.0 Å². The molecule has 0 bridgehead atoms. The van der Waals surface area contributed by atoms with Crippen LogP contribution in [0.2, 0.25) is 0 Å². The maximum absolute atomic E-state index is 11.6. The molecule has 0 atom stereocenters. The van der Waals surface area contributed by atoms with Crippen LogP contribution in [0.1, 0.15) is 31.9 Å². The molecule has 0 aromatic heterocycles. The second-order valence-electron chi connectivity index (χ2n) is 5.03. The van der Waals surface area contributed by atoms with Crippen molar-refractivity contribution in [3.05, 3.63) is 41.5 Å². The molecule has 0 N–H and O–H groups in total. The first-order chi connectivity index (χ1) is 8.04. The lowest BCUT2D eigenvalue weighted by atomic mass is 9.85. The van der Waals surface area contributed by atoms with Gasteiger partial charge in [-0.1, -0.05) is 38.1 Å². The average molecular weight is 230 g/mol. The lowest BCUT2D eigenvalue weighted by Crippen LogP contribution is -2.11. The van der Waals surface area contributed by atoms with Gasteiger partial charge in [0.15, 0.2) is 0 Å². The number of carbonyl (C=O) groups excluding carboxylic acids is 1. The van der Waals surface area contributed by atoms with Crippen molar-refractivity contribution in [3.8, 4) is 0 Å². The second kappa shape index (κ2) is 4.36. The first kappa shape index (κ1) is 11.9. The van der Waals surface area contributed by atoms with Crippen LogP contribution < -0.4 is 0 Å². The van der Waals surface area contributed by atoms with Crippen molar-refractivity contribution < 1.29 is 9.53 Å². The van der Waals surface area contributed by atoms with Crippen LogP contribution >= 0.6 is 0 Å². The summed E-state index contributed by atoms with van der Waals surface area (Å²) in [5, 5.41) is 0. The number of fused-ring (bicyclic) bond motifs is 1. The van der Waals surface area contributed by atoms with Gasteiger partial charge in [0.2, 0.25) is 0 Å². The number of rotatable bonds is 2. The zero-order valence-electron chi connectivity index (χ0n) is 10.6. The molecule has 0 aliphatic heterocycles. The number of hydrogen-bond acceptors (Lipinski definition) is 2. The fraction of sp³-hybridized carbons (Fsp3) is 0.400. The molecular weight excluding hydrogens is 212 g/mol. The molecule has 2 heteroatoms. The molecule has 2 rings (SSSR count). The molecule has 0 amide bonds. The van der Waals surface area contributed by atoms with Crippen molar-refractivity contribution in [3.63, 3.8) is 0 Å². The van der Waals surface area contributed by atoms with E-state index in [0.29, 0.717) is 6.61 Å². The van der Waals surface area contributed by atoms with Crippen LogP contribution in [0.25, 0.3) is 5.57 Å². The highest BCUT2D eigenvalue weighted by atomic mass is 16.5. The summed E-state index contributed by atoms with van der Waals surface area (Å²) < 4.78 is 5.00. The minimum Gasteiger partial charge on any atom is -0.463 e. The Morgan fingerprint density at radius 3 is 2.82 bits per heavy atom. The maximum Gasteiger partial charge on any atom is 0.331 e. The van der Waals surface area contributed by atoms with Gasteiger partial charge in [-0.2, -0.15) is 0 Å². The zero-order chi connectivity index (χ0) is 12.5. The van der Waals surface area contributed by atoms with Crippen LogP contribution in [-0.4, -0.2) is 12.6 Å². The molecule has 90 valence electrons. The molecule has 1 aromatic carbocycles. The van der Waals surface area contributed by atoms with E-state index < -0.39 is 0 Å². The van der Waals surface area contributed by atoms with Crippen molar-refractivity contribution >= 4 is 11.5 Å². The molecule has 0 unspecified atom stereocenters. The lowest BCUT2D eigenvalue weighted by Gasteiger charge is -2.19. The topological polar surface area (TPSA) is 26.3 Å². The van der Waals surface area contributed by atoms with Crippen LogP contribution in [0.5, 0.6) is 0 Å². The Labute approximate surface area is 102 Å². The van der Waals surface area contributed by atoms with E-state index in [4.69, 9.17) is 4.74 Å². The van der Waals surface area contributed by atoms with E-state index in [1.54, 1.807) is 6.08 Å². The molecule has 17 heavy (non-hydrogen) atoms. The van der Waals surface area contributed by atoms with Crippen LogP contribution in [0.15, 0.2) is 30.3 Å². The fourth-order valence-corrected chi connectivity index (χ4v) is 2.45. The van der Waals surface area contributed by atoms with Gasteiger partial charge in [0.1, 0.15) is 0 Å². The summed E-state index contributed by atoms with van der Waals surface area (Å²) >= 11 is 0. The predicted molar refractivity (Wildman–Crippen MR) is 68.5 cm³/mol. The molecule has 1 aliphatic carbocycles. The normalized spacial score (nSPS) is 19.1. The molecule has 0 fully saturated rings. The van der Waals surface area contributed by atoms with Crippen molar-refractivity contribution in [1.82, 2.24) is 0 Å². The fourth-order valence-electron chi connectivity index (χ4n) is 2.45. The average Bonchev–Trinajstić information content (AvgIpc) is 2.51. The third-order valence-corrected chi connectivity index (χ3v) is 3.22. The van der Waals surface area contributed by atoms with E-state index in [2.05, 4.69) is 26.0 Å². The first-order valence-corrected chi connectivity index (χ1v) is 6.02. The van der Waals surface area contributed by atoms with Crippen LogP contribution in [0.4, 0.5) is 0 Å². The number of hydrogen-bond donors (Lipinski definition) is 0. The van der Waals surface area contributed by atoms with Gasteiger partial charge in [0.05, 0.1) is 6.61 Å². The molecule has 0 radical (unpaired) electrons. The molecule has 0 saturated carbocycles. The number of carbonyl (C=O) groups is 1. The highest BCUT2D eigenvalue weighted by Gasteiger charge is 2.33. The van der Waals surface area contributed by atoms with Crippen molar-refractivity contribution in [2.75, 3.05) is 6.61 Å². The minimum atomic E-state index is -0.243. The zero-order valence-corrected chi connectivity index (χ0v) is 10.6. The third-order valence-electron chi connectivity index (χ3n) is 3.22. The van der Waals surface area contributed by atoms with E-state index >= 15 is 0 Å². The Kier molecular flexibility index (Phi) is 3.05. The number of ether oxygens (including phenoxy) is 1. The van der Waals surface area contributed by atoms with Gasteiger partial charge in [-0.3, -0.25) is 0 Å². The summed E-state index contributed by atoms with van der Waals surface area (Å²) in [6.07, 6.45) is 2.63. The van der Waals surface area contributed by atoms with Crippen molar-refractivity contribution in [2.24, 2.45) is 5.41 Å². The number of esters is 1. The summed E-state index contributed by atoms with van der Waals surface area (Å²) in [6.45, 7) is 6.57. The largest absolute Gasteiger partial charge is 0.463 e. The first-order valence-electron chi connectivity index (χ1n) is 6.02. The van der Waals surface area contributed by atoms with Crippen molar-refractivity contribution in [1.29, 1.82) is 0 Å². The predicted octanol–water partition coefficient (Wildman–Crippen LogP) is 3.22. The Morgan fingerprint density at radius 1 is 1.41 bits per heavy atom. The summed E-state index contributed by atoms with van der Waals surface area (Å²) in [5.41, 5.74) is 3.60. The van der Waals surface area contributed by atoms with Crippen molar-refractivity contribution in [2.45, 2.75) is 27.2 Å². The summed E-state index contributed by atoms with van der Waals surface area (Å²) in [6, 6.07) is 8.26. The number of benzene rings is 1. The van der Waals surface area contributed by atoms with Gasteiger partial charge in [-0.15, -0.1) is 0 Å². The smallest absolute Gasteiger partial charge is 0.331 e. The van der Waals surface area contributed by atoms with Crippen LogP contribution in [0, 0.1) is 5.41 Å². The SMILES string of the molecule is CCOC(=O)/C=C1/c2ccccc2CC1(C)C. The molecule has 1 aromatic rings. The quantitative estimate of drug-likeness (QED) is 0.576. The minimum absolute atomic E-state index is 0.0104. The summed E-state index contributed by atoms with van der Waals surface area (Å²) in [7, 11) is 0. The molecule has 0 saturated heterocycles. The van der Waals surface area contributed by atoms with E-state index in [9.17, 15) is 4.79 Å². The number of allylic oxidation sites excluding steroid dienone is 1. The van der Waals surface area contributed by atoms with Gasteiger partial charge < -0.3 is 4.74 Å².